The Morgan fingerprint density at radius 3 is 2.45 bits per heavy atom. The van der Waals surface area contributed by atoms with Crippen LogP contribution in [0.5, 0.6) is 0 Å². The molecule has 3 rings (SSSR count). The highest BCUT2D eigenvalue weighted by molar-refractivity contribution is 5.41. The second-order valence-corrected chi connectivity index (χ2v) is 5.66. The lowest BCUT2D eigenvalue weighted by atomic mass is 9.96. The third kappa shape index (κ3) is 4.07. The minimum atomic E-state index is 0.240. The summed E-state index contributed by atoms with van der Waals surface area (Å²) in [6.07, 6.45) is 6.17. The van der Waals surface area contributed by atoms with Gasteiger partial charge in [-0.2, -0.15) is 15.0 Å². The number of nitrogens with one attached hydrogen (secondary N) is 2. The normalized spacial score (nSPS) is 15.5. The first kappa shape index (κ1) is 14.6. The van der Waals surface area contributed by atoms with Crippen LogP contribution in [0.25, 0.3) is 0 Å². The molecule has 2 aromatic rings. The molecule has 6 nitrogen and oxygen atoms in total. The number of nitrogen functional groups attached to an aromatic ring is 1. The summed E-state index contributed by atoms with van der Waals surface area (Å²) in [7, 11) is 0. The quantitative estimate of drug-likeness (QED) is 0.786. The van der Waals surface area contributed by atoms with Crippen LogP contribution in [0.3, 0.4) is 0 Å². The molecule has 1 aliphatic rings. The maximum Gasteiger partial charge on any atom is 0.229 e. The molecule has 1 aliphatic carbocycles. The predicted octanol–water partition coefficient (Wildman–Crippen LogP) is 2.81. The molecule has 0 atom stereocenters. The van der Waals surface area contributed by atoms with Crippen LogP contribution in [-0.2, 0) is 6.54 Å². The Hall–Kier alpha value is -2.37. The lowest BCUT2D eigenvalue weighted by Gasteiger charge is -2.22. The van der Waals surface area contributed by atoms with Gasteiger partial charge in [-0.25, -0.2) is 0 Å². The van der Waals surface area contributed by atoms with E-state index in [2.05, 4.69) is 37.7 Å². The molecule has 22 heavy (non-hydrogen) atoms. The van der Waals surface area contributed by atoms with Crippen molar-refractivity contribution in [2.24, 2.45) is 0 Å². The van der Waals surface area contributed by atoms with Gasteiger partial charge in [-0.15, -0.1) is 0 Å². The molecule has 1 heterocycles. The largest absolute Gasteiger partial charge is 0.368 e. The Bertz CT molecular complexity index is 595. The van der Waals surface area contributed by atoms with E-state index in [4.69, 9.17) is 5.73 Å². The Morgan fingerprint density at radius 1 is 0.955 bits per heavy atom. The summed E-state index contributed by atoms with van der Waals surface area (Å²) in [5.74, 6) is 1.31. The molecule has 0 aliphatic heterocycles. The average Bonchev–Trinajstić information content (AvgIpc) is 2.54. The maximum atomic E-state index is 5.79. The van der Waals surface area contributed by atoms with E-state index in [0.29, 0.717) is 24.5 Å². The van der Waals surface area contributed by atoms with Gasteiger partial charge < -0.3 is 16.4 Å². The van der Waals surface area contributed by atoms with Crippen LogP contribution in [0.4, 0.5) is 17.8 Å². The van der Waals surface area contributed by atoms with Gasteiger partial charge in [0.25, 0.3) is 0 Å². The molecule has 1 aromatic carbocycles. The van der Waals surface area contributed by atoms with Crippen LogP contribution in [0.2, 0.25) is 0 Å². The lowest BCUT2D eigenvalue weighted by Crippen LogP contribution is -2.24. The fourth-order valence-electron chi connectivity index (χ4n) is 2.74. The molecular formula is C16H22N6. The second-order valence-electron chi connectivity index (χ2n) is 5.66. The summed E-state index contributed by atoms with van der Waals surface area (Å²) in [6.45, 7) is 0.660. The average molecular weight is 298 g/mol. The van der Waals surface area contributed by atoms with E-state index in [-0.39, 0.29) is 5.95 Å². The van der Waals surface area contributed by atoms with E-state index >= 15 is 0 Å². The highest BCUT2D eigenvalue weighted by Gasteiger charge is 2.15. The van der Waals surface area contributed by atoms with Gasteiger partial charge >= 0.3 is 0 Å². The summed E-state index contributed by atoms with van der Waals surface area (Å²) >= 11 is 0. The van der Waals surface area contributed by atoms with Gasteiger partial charge in [0.15, 0.2) is 0 Å². The zero-order chi connectivity index (χ0) is 15.2. The van der Waals surface area contributed by atoms with Crippen molar-refractivity contribution in [1.82, 2.24) is 15.0 Å². The van der Waals surface area contributed by atoms with Crippen molar-refractivity contribution in [3.8, 4) is 0 Å². The SMILES string of the molecule is Nc1nc(NCc2ccccc2)nc(NC2CCCCC2)n1. The molecule has 1 aromatic heterocycles. The molecule has 116 valence electrons. The van der Waals surface area contributed by atoms with Crippen LogP contribution in [-0.4, -0.2) is 21.0 Å². The molecule has 0 spiro atoms. The Labute approximate surface area is 130 Å². The first-order chi connectivity index (χ1) is 10.8. The molecule has 0 saturated heterocycles. The standard InChI is InChI=1S/C16H22N6/c17-14-20-15(18-11-12-7-3-1-4-8-12)22-16(21-14)19-13-9-5-2-6-10-13/h1,3-4,7-8,13H,2,5-6,9-11H2,(H4,17,18,19,20,21,22). The first-order valence-corrected chi connectivity index (χ1v) is 7.85. The van der Waals surface area contributed by atoms with E-state index in [1.165, 1.54) is 37.7 Å². The minimum Gasteiger partial charge on any atom is -0.368 e. The number of nitrogens with two attached hydrogens (primary N) is 1. The zero-order valence-corrected chi connectivity index (χ0v) is 12.6. The van der Waals surface area contributed by atoms with Crippen molar-refractivity contribution in [2.45, 2.75) is 44.7 Å². The third-order valence-corrected chi connectivity index (χ3v) is 3.88. The molecule has 0 radical (unpaired) electrons. The van der Waals surface area contributed by atoms with Gasteiger partial charge in [-0.3, -0.25) is 0 Å². The number of anilines is 3. The molecule has 0 unspecified atom stereocenters. The highest BCUT2D eigenvalue weighted by Crippen LogP contribution is 2.20. The topological polar surface area (TPSA) is 88.8 Å². The van der Waals surface area contributed by atoms with Crippen molar-refractivity contribution in [3.05, 3.63) is 35.9 Å². The monoisotopic (exact) mass is 298 g/mol. The van der Waals surface area contributed by atoms with Crippen LogP contribution >= 0.6 is 0 Å². The van der Waals surface area contributed by atoms with Gasteiger partial charge in [0, 0.05) is 12.6 Å². The van der Waals surface area contributed by atoms with Crippen molar-refractivity contribution < 1.29 is 0 Å². The predicted molar refractivity (Wildman–Crippen MR) is 88.5 cm³/mol. The number of hydrogen-bond donors (Lipinski definition) is 3. The van der Waals surface area contributed by atoms with Crippen molar-refractivity contribution in [2.75, 3.05) is 16.4 Å². The van der Waals surface area contributed by atoms with Crippen molar-refractivity contribution in [3.63, 3.8) is 0 Å². The molecule has 0 amide bonds. The summed E-state index contributed by atoms with van der Waals surface area (Å²) in [4.78, 5) is 12.8. The summed E-state index contributed by atoms with van der Waals surface area (Å²) in [6, 6.07) is 10.6. The molecule has 6 heteroatoms. The van der Waals surface area contributed by atoms with E-state index in [0.717, 1.165) is 0 Å². The Kier molecular flexibility index (Phi) is 4.68. The smallest absolute Gasteiger partial charge is 0.229 e. The highest BCUT2D eigenvalue weighted by atomic mass is 15.2. The number of nitrogens with zero attached hydrogens (tertiary/aromatic N) is 3. The van der Waals surface area contributed by atoms with Crippen LogP contribution in [0, 0.1) is 0 Å². The second kappa shape index (κ2) is 7.06. The lowest BCUT2D eigenvalue weighted by molar-refractivity contribution is 0.461. The first-order valence-electron chi connectivity index (χ1n) is 7.85. The number of rotatable bonds is 5. The summed E-state index contributed by atoms with van der Waals surface area (Å²) in [5, 5.41) is 6.58. The maximum absolute atomic E-state index is 5.79. The fourth-order valence-corrected chi connectivity index (χ4v) is 2.74. The van der Waals surface area contributed by atoms with Gasteiger partial charge in [0.05, 0.1) is 0 Å². The van der Waals surface area contributed by atoms with E-state index in [1.807, 2.05) is 18.2 Å². The molecule has 4 N–H and O–H groups in total. The van der Waals surface area contributed by atoms with Gasteiger partial charge in [-0.1, -0.05) is 49.6 Å². The van der Waals surface area contributed by atoms with Gasteiger partial charge in [0.1, 0.15) is 0 Å². The van der Waals surface area contributed by atoms with Gasteiger partial charge in [0.2, 0.25) is 17.8 Å². The minimum absolute atomic E-state index is 0.240. The fraction of sp³-hybridized carbons (Fsp3) is 0.438. The number of aromatic nitrogens is 3. The molecule has 1 saturated carbocycles. The summed E-state index contributed by atoms with van der Waals surface area (Å²) < 4.78 is 0. The Balaban J connectivity index is 1.64. The van der Waals surface area contributed by atoms with E-state index in [9.17, 15) is 0 Å². The van der Waals surface area contributed by atoms with Crippen molar-refractivity contribution >= 4 is 17.8 Å². The van der Waals surface area contributed by atoms with Crippen LogP contribution < -0.4 is 16.4 Å². The third-order valence-electron chi connectivity index (χ3n) is 3.88. The zero-order valence-electron chi connectivity index (χ0n) is 12.6. The number of hydrogen-bond acceptors (Lipinski definition) is 6. The van der Waals surface area contributed by atoms with Crippen LogP contribution in [0.15, 0.2) is 30.3 Å². The van der Waals surface area contributed by atoms with Gasteiger partial charge in [-0.05, 0) is 18.4 Å². The molecule has 1 fully saturated rings. The van der Waals surface area contributed by atoms with E-state index in [1.54, 1.807) is 0 Å². The Morgan fingerprint density at radius 2 is 1.68 bits per heavy atom. The molecule has 0 bridgehead atoms. The van der Waals surface area contributed by atoms with Crippen LogP contribution in [0.1, 0.15) is 37.7 Å². The van der Waals surface area contributed by atoms with E-state index < -0.39 is 0 Å². The molecular weight excluding hydrogens is 276 g/mol. The van der Waals surface area contributed by atoms with Crippen molar-refractivity contribution in [1.29, 1.82) is 0 Å². The number of benzene rings is 1. The summed E-state index contributed by atoms with van der Waals surface area (Å²) in [5.41, 5.74) is 6.96.